The van der Waals surface area contributed by atoms with E-state index >= 15 is 0 Å². The highest BCUT2D eigenvalue weighted by Crippen LogP contribution is 2.25. The van der Waals surface area contributed by atoms with Crippen molar-refractivity contribution in [2.24, 2.45) is 0 Å². The van der Waals surface area contributed by atoms with Gasteiger partial charge >= 0.3 is 0 Å². The molecule has 1 unspecified atom stereocenters. The van der Waals surface area contributed by atoms with Crippen molar-refractivity contribution in [3.05, 3.63) is 64.7 Å². The lowest BCUT2D eigenvalue weighted by atomic mass is 9.87. The van der Waals surface area contributed by atoms with Crippen LogP contribution in [0.3, 0.4) is 0 Å². The summed E-state index contributed by atoms with van der Waals surface area (Å²) in [5, 5.41) is 3.72. The summed E-state index contributed by atoms with van der Waals surface area (Å²) >= 11 is 6.04. The van der Waals surface area contributed by atoms with Crippen LogP contribution in [0.5, 0.6) is 5.75 Å². The molecule has 0 aliphatic carbocycles. The predicted octanol–water partition coefficient (Wildman–Crippen LogP) is 4.21. The number of hydrogen-bond donors (Lipinski definition) is 1. The van der Waals surface area contributed by atoms with Gasteiger partial charge in [0.15, 0.2) is 6.61 Å². The second kappa shape index (κ2) is 10.3. The van der Waals surface area contributed by atoms with Gasteiger partial charge in [-0.1, -0.05) is 56.6 Å². The van der Waals surface area contributed by atoms with Gasteiger partial charge < -0.3 is 14.8 Å². The molecule has 1 aliphatic heterocycles. The summed E-state index contributed by atoms with van der Waals surface area (Å²) in [6, 6.07) is 15.8. The van der Waals surface area contributed by atoms with Crippen LogP contribution >= 0.6 is 11.6 Å². The number of halogens is 1. The van der Waals surface area contributed by atoms with Crippen LogP contribution in [0, 0.1) is 0 Å². The van der Waals surface area contributed by atoms with E-state index in [0.717, 1.165) is 18.7 Å². The highest BCUT2D eigenvalue weighted by molar-refractivity contribution is 6.30. The summed E-state index contributed by atoms with van der Waals surface area (Å²) in [5.41, 5.74) is 2.45. The second-order valence-electron chi connectivity index (χ2n) is 8.58. The van der Waals surface area contributed by atoms with Gasteiger partial charge in [0, 0.05) is 24.7 Å². The first-order chi connectivity index (χ1) is 14.3. The molecule has 0 bridgehead atoms. The molecule has 6 heteroatoms. The molecular formula is C24H31ClN2O3. The fraction of sp³-hybridized carbons (Fsp3) is 0.458. The molecule has 0 spiro atoms. The van der Waals surface area contributed by atoms with Gasteiger partial charge in [-0.3, -0.25) is 9.69 Å². The molecule has 2 aromatic carbocycles. The molecule has 162 valence electrons. The number of ether oxygens (including phenoxy) is 2. The standard InChI is InChI=1S/C24H31ClN2O3/c1-24(2,3)19-6-10-21(11-7-19)30-17-23(28)26-16-22(27-12-14-29-15-13-27)18-4-8-20(25)9-5-18/h4-11,22H,12-17H2,1-3H3,(H,26,28). The minimum absolute atomic E-state index is 0.00862. The van der Waals surface area contributed by atoms with Gasteiger partial charge in [0.2, 0.25) is 0 Å². The molecule has 1 amide bonds. The van der Waals surface area contributed by atoms with E-state index in [4.69, 9.17) is 21.1 Å². The molecule has 1 N–H and O–H groups in total. The lowest BCUT2D eigenvalue weighted by molar-refractivity contribution is -0.123. The van der Waals surface area contributed by atoms with Crippen molar-refractivity contribution in [2.75, 3.05) is 39.5 Å². The smallest absolute Gasteiger partial charge is 0.258 e. The minimum atomic E-state index is -0.137. The van der Waals surface area contributed by atoms with Gasteiger partial charge in [0.25, 0.3) is 5.91 Å². The normalized spacial score (nSPS) is 16.1. The van der Waals surface area contributed by atoms with Crippen molar-refractivity contribution in [3.8, 4) is 5.75 Å². The number of benzene rings is 2. The third kappa shape index (κ3) is 6.46. The topological polar surface area (TPSA) is 50.8 Å². The van der Waals surface area contributed by atoms with Crippen molar-refractivity contribution in [2.45, 2.75) is 32.2 Å². The zero-order valence-electron chi connectivity index (χ0n) is 18.0. The monoisotopic (exact) mass is 430 g/mol. The van der Waals surface area contributed by atoms with Crippen LogP contribution in [0.1, 0.15) is 37.9 Å². The van der Waals surface area contributed by atoms with Crippen molar-refractivity contribution in [1.29, 1.82) is 0 Å². The number of nitrogens with zero attached hydrogens (tertiary/aromatic N) is 1. The van der Waals surface area contributed by atoms with Crippen LogP contribution in [0.25, 0.3) is 0 Å². The molecule has 5 nitrogen and oxygen atoms in total. The van der Waals surface area contributed by atoms with Gasteiger partial charge in [-0.2, -0.15) is 0 Å². The Kier molecular flexibility index (Phi) is 7.75. The molecule has 0 saturated carbocycles. The lowest BCUT2D eigenvalue weighted by Gasteiger charge is -2.35. The first-order valence-corrected chi connectivity index (χ1v) is 10.8. The summed E-state index contributed by atoms with van der Waals surface area (Å²) in [4.78, 5) is 14.7. The van der Waals surface area contributed by atoms with Crippen molar-refractivity contribution < 1.29 is 14.3 Å². The molecule has 0 radical (unpaired) electrons. The van der Waals surface area contributed by atoms with Gasteiger partial charge in [-0.05, 0) is 40.8 Å². The minimum Gasteiger partial charge on any atom is -0.484 e. The average Bonchev–Trinajstić information content (AvgIpc) is 2.74. The van der Waals surface area contributed by atoms with Gasteiger partial charge in [0.1, 0.15) is 5.75 Å². The van der Waals surface area contributed by atoms with Crippen LogP contribution in [0.2, 0.25) is 5.02 Å². The molecule has 2 aromatic rings. The molecule has 3 rings (SSSR count). The van der Waals surface area contributed by atoms with Gasteiger partial charge in [0.05, 0.1) is 19.3 Å². The highest BCUT2D eigenvalue weighted by atomic mass is 35.5. The van der Waals surface area contributed by atoms with E-state index in [1.165, 1.54) is 5.56 Å². The van der Waals surface area contributed by atoms with E-state index in [-0.39, 0.29) is 24.0 Å². The van der Waals surface area contributed by atoms with Crippen molar-refractivity contribution in [1.82, 2.24) is 10.2 Å². The third-order valence-corrected chi connectivity index (χ3v) is 5.58. The summed E-state index contributed by atoms with van der Waals surface area (Å²) in [6.45, 7) is 10.1. The van der Waals surface area contributed by atoms with Crippen LogP contribution in [0.15, 0.2) is 48.5 Å². The summed E-state index contributed by atoms with van der Waals surface area (Å²) < 4.78 is 11.1. The Balaban J connectivity index is 1.55. The lowest BCUT2D eigenvalue weighted by Crippen LogP contribution is -2.44. The Labute approximate surface area is 184 Å². The quantitative estimate of drug-likeness (QED) is 0.715. The molecule has 0 aromatic heterocycles. The van der Waals surface area contributed by atoms with Gasteiger partial charge in [-0.25, -0.2) is 0 Å². The number of carbonyl (C=O) groups is 1. The molecule has 30 heavy (non-hydrogen) atoms. The molecule has 1 heterocycles. The van der Waals surface area contributed by atoms with E-state index in [1.807, 2.05) is 48.5 Å². The zero-order chi connectivity index (χ0) is 21.6. The van der Waals surface area contributed by atoms with E-state index in [9.17, 15) is 4.79 Å². The Morgan fingerprint density at radius 3 is 2.33 bits per heavy atom. The second-order valence-corrected chi connectivity index (χ2v) is 9.02. The van der Waals surface area contributed by atoms with Crippen LogP contribution in [-0.2, 0) is 14.9 Å². The molecule has 1 aliphatic rings. The third-order valence-electron chi connectivity index (χ3n) is 5.32. The maximum Gasteiger partial charge on any atom is 0.258 e. The Morgan fingerprint density at radius 2 is 1.73 bits per heavy atom. The van der Waals surface area contributed by atoms with Crippen molar-refractivity contribution >= 4 is 17.5 Å². The molecule has 1 fully saturated rings. The fourth-order valence-corrected chi connectivity index (χ4v) is 3.62. The SMILES string of the molecule is CC(C)(C)c1ccc(OCC(=O)NCC(c2ccc(Cl)cc2)N2CCOCC2)cc1. The van der Waals surface area contributed by atoms with E-state index < -0.39 is 0 Å². The van der Waals surface area contributed by atoms with E-state index in [2.05, 4.69) is 31.0 Å². The maximum atomic E-state index is 12.4. The van der Waals surface area contributed by atoms with Gasteiger partial charge in [-0.15, -0.1) is 0 Å². The molecule has 1 atom stereocenters. The Hall–Kier alpha value is -2.08. The summed E-state index contributed by atoms with van der Waals surface area (Å²) in [5.74, 6) is 0.558. The Bertz CT molecular complexity index is 810. The number of nitrogens with one attached hydrogen (secondary N) is 1. The largest absolute Gasteiger partial charge is 0.484 e. The number of amides is 1. The van der Waals surface area contributed by atoms with Crippen molar-refractivity contribution in [3.63, 3.8) is 0 Å². The first kappa shape index (κ1) is 22.6. The number of morpholine rings is 1. The highest BCUT2D eigenvalue weighted by Gasteiger charge is 2.23. The van der Waals surface area contributed by atoms with Crippen LogP contribution in [0.4, 0.5) is 0 Å². The molecule has 1 saturated heterocycles. The number of carbonyl (C=O) groups excluding carboxylic acids is 1. The van der Waals surface area contributed by atoms with E-state index in [0.29, 0.717) is 30.5 Å². The molecular weight excluding hydrogens is 400 g/mol. The fourth-order valence-electron chi connectivity index (χ4n) is 3.49. The van der Waals surface area contributed by atoms with Crippen LogP contribution < -0.4 is 10.1 Å². The zero-order valence-corrected chi connectivity index (χ0v) is 18.7. The maximum absolute atomic E-state index is 12.4. The summed E-state index contributed by atoms with van der Waals surface area (Å²) in [7, 11) is 0. The predicted molar refractivity (Wildman–Crippen MR) is 120 cm³/mol. The number of rotatable bonds is 7. The van der Waals surface area contributed by atoms with Crippen LogP contribution in [-0.4, -0.2) is 50.3 Å². The summed E-state index contributed by atoms with van der Waals surface area (Å²) in [6.07, 6.45) is 0. The Morgan fingerprint density at radius 1 is 1.10 bits per heavy atom. The number of hydrogen-bond acceptors (Lipinski definition) is 4. The van der Waals surface area contributed by atoms with E-state index in [1.54, 1.807) is 0 Å². The first-order valence-electron chi connectivity index (χ1n) is 10.4. The average molecular weight is 431 g/mol.